The Balaban J connectivity index is 1.96. The number of aliphatic hydroxyl groups is 5. The highest BCUT2D eigenvalue weighted by Gasteiger charge is 2.46. The highest BCUT2D eigenvalue weighted by molar-refractivity contribution is 5.42. The second kappa shape index (κ2) is 10.2. The van der Waals surface area contributed by atoms with Crippen LogP contribution in [0, 0.1) is 11.6 Å². The maximum Gasteiger partial charge on any atom is 0.229 e. The molecule has 0 aliphatic carbocycles. The summed E-state index contributed by atoms with van der Waals surface area (Å²) in [6.07, 6.45) is -8.56. The molecule has 6 atom stereocenters. The second-order valence-electron chi connectivity index (χ2n) is 7.97. The lowest BCUT2D eigenvalue weighted by atomic mass is 9.96. The van der Waals surface area contributed by atoms with Crippen LogP contribution >= 0.6 is 0 Å². The van der Waals surface area contributed by atoms with Gasteiger partial charge >= 0.3 is 0 Å². The molecule has 1 heterocycles. The molecule has 0 spiro atoms. The standard InChI is InChI=1S/C23H28F2O7/c1-3-12-4-5-14(16(24)6-12)9-15-17(25)7-13(10-26)8-18(15)31-23-21(30)19(28)20(29)22(32-23)11(2)27/h4-8,11,19-23,26-30H,3,9-10H2,1-2H3/t11?,19-,20-,21+,22+,23+/m0/s1. The predicted octanol–water partition coefficient (Wildman–Crippen LogP) is 1.18. The van der Waals surface area contributed by atoms with E-state index in [-0.39, 0.29) is 28.9 Å². The zero-order valence-corrected chi connectivity index (χ0v) is 17.8. The molecule has 0 aromatic heterocycles. The quantitative estimate of drug-likeness (QED) is 0.426. The van der Waals surface area contributed by atoms with Gasteiger partial charge in [0.1, 0.15) is 41.8 Å². The summed E-state index contributed by atoms with van der Waals surface area (Å²) in [4.78, 5) is 0. The Kier molecular flexibility index (Phi) is 7.81. The molecule has 0 bridgehead atoms. The fourth-order valence-electron chi connectivity index (χ4n) is 3.67. The molecular weight excluding hydrogens is 426 g/mol. The van der Waals surface area contributed by atoms with Crippen molar-refractivity contribution in [3.8, 4) is 5.75 Å². The Labute approximate surface area is 184 Å². The van der Waals surface area contributed by atoms with Crippen molar-refractivity contribution >= 4 is 0 Å². The van der Waals surface area contributed by atoms with Gasteiger partial charge in [-0.05, 0) is 48.2 Å². The van der Waals surface area contributed by atoms with Gasteiger partial charge in [-0.3, -0.25) is 0 Å². The topological polar surface area (TPSA) is 120 Å². The molecule has 1 aliphatic rings. The van der Waals surface area contributed by atoms with Gasteiger partial charge in [0.2, 0.25) is 6.29 Å². The molecule has 32 heavy (non-hydrogen) atoms. The number of hydrogen-bond donors (Lipinski definition) is 5. The van der Waals surface area contributed by atoms with Crippen molar-refractivity contribution in [3.63, 3.8) is 0 Å². The minimum Gasteiger partial charge on any atom is -0.462 e. The van der Waals surface area contributed by atoms with E-state index < -0.39 is 55.1 Å². The Morgan fingerprint density at radius 3 is 2.28 bits per heavy atom. The third kappa shape index (κ3) is 5.09. The maximum atomic E-state index is 14.9. The van der Waals surface area contributed by atoms with Crippen molar-refractivity contribution in [2.24, 2.45) is 0 Å². The molecule has 1 aliphatic heterocycles. The summed E-state index contributed by atoms with van der Waals surface area (Å²) >= 11 is 0. The lowest BCUT2D eigenvalue weighted by Crippen LogP contribution is -2.61. The van der Waals surface area contributed by atoms with Crippen LogP contribution in [0.1, 0.15) is 36.1 Å². The molecule has 7 nitrogen and oxygen atoms in total. The van der Waals surface area contributed by atoms with E-state index >= 15 is 0 Å². The molecule has 3 rings (SSSR count). The van der Waals surface area contributed by atoms with Gasteiger partial charge in [-0.1, -0.05) is 19.1 Å². The van der Waals surface area contributed by atoms with Crippen LogP contribution in [0.4, 0.5) is 8.78 Å². The van der Waals surface area contributed by atoms with Gasteiger partial charge in [0, 0.05) is 12.0 Å². The third-order valence-corrected chi connectivity index (χ3v) is 5.61. The third-order valence-electron chi connectivity index (χ3n) is 5.61. The number of halogens is 2. The summed E-state index contributed by atoms with van der Waals surface area (Å²) in [6.45, 7) is 2.71. The molecule has 5 N–H and O–H groups in total. The first kappa shape index (κ1) is 24.5. The number of rotatable bonds is 7. The van der Waals surface area contributed by atoms with E-state index in [9.17, 15) is 34.3 Å². The van der Waals surface area contributed by atoms with E-state index in [1.807, 2.05) is 6.92 Å². The summed E-state index contributed by atoms with van der Waals surface area (Å²) in [7, 11) is 0. The van der Waals surface area contributed by atoms with Crippen LogP contribution < -0.4 is 4.74 Å². The highest BCUT2D eigenvalue weighted by Crippen LogP contribution is 2.32. The molecule has 2 aromatic rings. The van der Waals surface area contributed by atoms with E-state index in [0.717, 1.165) is 11.6 Å². The van der Waals surface area contributed by atoms with Crippen LogP contribution in [0.25, 0.3) is 0 Å². The highest BCUT2D eigenvalue weighted by atomic mass is 19.1. The van der Waals surface area contributed by atoms with Gasteiger partial charge in [0.25, 0.3) is 0 Å². The van der Waals surface area contributed by atoms with Crippen LogP contribution in [-0.4, -0.2) is 62.3 Å². The minimum atomic E-state index is -1.71. The molecule has 0 amide bonds. The van der Waals surface area contributed by atoms with Gasteiger partial charge < -0.3 is 35.0 Å². The van der Waals surface area contributed by atoms with E-state index in [0.29, 0.717) is 6.42 Å². The molecule has 1 unspecified atom stereocenters. The average molecular weight is 454 g/mol. The zero-order chi connectivity index (χ0) is 23.6. The summed E-state index contributed by atoms with van der Waals surface area (Å²) in [6, 6.07) is 7.07. The largest absolute Gasteiger partial charge is 0.462 e. The smallest absolute Gasteiger partial charge is 0.229 e. The Morgan fingerprint density at radius 2 is 1.69 bits per heavy atom. The Hall–Kier alpha value is -2.14. The lowest BCUT2D eigenvalue weighted by Gasteiger charge is -2.41. The first-order chi connectivity index (χ1) is 15.2. The van der Waals surface area contributed by atoms with Crippen LogP contribution in [0.5, 0.6) is 5.75 Å². The van der Waals surface area contributed by atoms with Gasteiger partial charge in [0.15, 0.2) is 0 Å². The van der Waals surface area contributed by atoms with E-state index in [1.54, 1.807) is 12.1 Å². The fraction of sp³-hybridized carbons (Fsp3) is 0.478. The van der Waals surface area contributed by atoms with Crippen LogP contribution in [0.15, 0.2) is 30.3 Å². The SMILES string of the molecule is CCc1ccc(Cc2c(F)cc(CO)cc2O[C@@H]2O[C@H](C(C)O)[C@@H](O)[C@H](O)[C@H]2O)c(F)c1. The number of ether oxygens (including phenoxy) is 2. The number of hydrogen-bond acceptors (Lipinski definition) is 7. The Morgan fingerprint density at radius 1 is 1.00 bits per heavy atom. The molecule has 9 heteroatoms. The first-order valence-electron chi connectivity index (χ1n) is 10.4. The van der Waals surface area contributed by atoms with Crippen molar-refractivity contribution in [1.29, 1.82) is 0 Å². The van der Waals surface area contributed by atoms with E-state index in [1.165, 1.54) is 19.1 Å². The van der Waals surface area contributed by atoms with Crippen molar-refractivity contribution in [2.75, 3.05) is 0 Å². The van der Waals surface area contributed by atoms with E-state index in [4.69, 9.17) is 9.47 Å². The number of benzene rings is 2. The van der Waals surface area contributed by atoms with Crippen molar-refractivity contribution in [1.82, 2.24) is 0 Å². The van der Waals surface area contributed by atoms with Gasteiger partial charge in [-0.15, -0.1) is 0 Å². The van der Waals surface area contributed by atoms with Gasteiger partial charge in [0.05, 0.1) is 12.7 Å². The molecule has 0 saturated carbocycles. The Bertz CT molecular complexity index is 937. The summed E-state index contributed by atoms with van der Waals surface area (Å²) in [5, 5.41) is 49.7. The average Bonchev–Trinajstić information content (AvgIpc) is 2.76. The molecule has 0 radical (unpaired) electrons. The van der Waals surface area contributed by atoms with Crippen LogP contribution in [0.2, 0.25) is 0 Å². The van der Waals surface area contributed by atoms with Crippen molar-refractivity contribution in [2.45, 2.75) is 70.1 Å². The van der Waals surface area contributed by atoms with Gasteiger partial charge in [-0.2, -0.15) is 0 Å². The second-order valence-corrected chi connectivity index (χ2v) is 7.97. The normalized spacial score (nSPS) is 26.7. The molecular formula is C23H28F2O7. The summed E-state index contributed by atoms with van der Waals surface area (Å²) in [5.74, 6) is -1.41. The summed E-state index contributed by atoms with van der Waals surface area (Å²) < 4.78 is 40.5. The van der Waals surface area contributed by atoms with Crippen molar-refractivity contribution < 1.29 is 43.8 Å². The zero-order valence-electron chi connectivity index (χ0n) is 17.8. The summed E-state index contributed by atoms with van der Waals surface area (Å²) in [5.41, 5.74) is 1.12. The number of aliphatic hydroxyl groups excluding tert-OH is 5. The number of aryl methyl sites for hydroxylation is 1. The van der Waals surface area contributed by atoms with Crippen LogP contribution in [0.3, 0.4) is 0 Å². The van der Waals surface area contributed by atoms with Gasteiger partial charge in [-0.25, -0.2) is 8.78 Å². The monoisotopic (exact) mass is 454 g/mol. The minimum absolute atomic E-state index is 0.0460. The fourth-order valence-corrected chi connectivity index (χ4v) is 3.67. The molecule has 176 valence electrons. The lowest BCUT2D eigenvalue weighted by molar-refractivity contribution is -0.286. The molecule has 1 fully saturated rings. The predicted molar refractivity (Wildman–Crippen MR) is 110 cm³/mol. The maximum absolute atomic E-state index is 14.9. The first-order valence-corrected chi connectivity index (χ1v) is 10.4. The molecule has 2 aromatic carbocycles. The molecule has 1 saturated heterocycles. The van der Waals surface area contributed by atoms with E-state index in [2.05, 4.69) is 0 Å². The van der Waals surface area contributed by atoms with Crippen LogP contribution in [-0.2, 0) is 24.2 Å². The van der Waals surface area contributed by atoms with Crippen molar-refractivity contribution in [3.05, 3.63) is 64.2 Å².